The van der Waals surface area contributed by atoms with Crippen molar-refractivity contribution in [3.63, 3.8) is 0 Å². The molecule has 0 spiro atoms. The Labute approximate surface area is 150 Å². The van der Waals surface area contributed by atoms with Gasteiger partial charge in [-0.25, -0.2) is 0 Å². The molecule has 3 rings (SSSR count). The summed E-state index contributed by atoms with van der Waals surface area (Å²) < 4.78 is 0.313. The first-order chi connectivity index (χ1) is 11.6. The number of benzene rings is 1. The predicted molar refractivity (Wildman–Crippen MR) is 106 cm³/mol. The van der Waals surface area contributed by atoms with Crippen LogP contribution in [0.15, 0.2) is 35.3 Å². The number of hydrogen-bond acceptors (Lipinski definition) is 3. The lowest BCUT2D eigenvalue weighted by Crippen LogP contribution is -2.51. The van der Waals surface area contributed by atoms with Gasteiger partial charge in [0.2, 0.25) is 0 Å². The van der Waals surface area contributed by atoms with Gasteiger partial charge in [0.15, 0.2) is 5.96 Å². The average Bonchev–Trinajstić information content (AvgIpc) is 3.04. The number of rotatable bonds is 3. The van der Waals surface area contributed by atoms with Gasteiger partial charge in [0, 0.05) is 56.0 Å². The van der Waals surface area contributed by atoms with E-state index in [1.54, 1.807) is 0 Å². The van der Waals surface area contributed by atoms with Crippen LogP contribution in [-0.4, -0.2) is 61.1 Å². The third-order valence-electron chi connectivity index (χ3n) is 4.89. The zero-order valence-corrected chi connectivity index (χ0v) is 16.0. The van der Waals surface area contributed by atoms with Gasteiger partial charge in [-0.3, -0.25) is 4.99 Å². The summed E-state index contributed by atoms with van der Waals surface area (Å²) in [6, 6.07) is 10.8. The largest absolute Gasteiger partial charge is 0.371 e. The number of nitrogens with zero attached hydrogens (tertiary/aromatic N) is 3. The van der Waals surface area contributed by atoms with E-state index in [9.17, 15) is 0 Å². The van der Waals surface area contributed by atoms with Crippen molar-refractivity contribution in [2.24, 2.45) is 10.9 Å². The molecule has 2 aliphatic rings. The van der Waals surface area contributed by atoms with Gasteiger partial charge in [-0.2, -0.15) is 11.8 Å². The Hall–Kier alpha value is -1.36. The molecule has 0 aromatic heterocycles. The number of para-hydroxylation sites is 1. The van der Waals surface area contributed by atoms with Crippen LogP contribution in [0.1, 0.15) is 20.3 Å². The molecule has 2 fully saturated rings. The molecule has 0 bridgehead atoms. The molecule has 132 valence electrons. The lowest BCUT2D eigenvalue weighted by Gasteiger charge is -2.39. The van der Waals surface area contributed by atoms with Crippen LogP contribution in [0.5, 0.6) is 0 Å². The molecule has 0 aliphatic carbocycles. The van der Waals surface area contributed by atoms with E-state index in [0.717, 1.165) is 38.7 Å². The Kier molecular flexibility index (Phi) is 5.59. The number of guanidine groups is 1. The fourth-order valence-corrected chi connectivity index (χ4v) is 4.75. The normalized spacial score (nSPS) is 24.3. The Morgan fingerprint density at radius 2 is 2.08 bits per heavy atom. The van der Waals surface area contributed by atoms with Gasteiger partial charge in [0.25, 0.3) is 0 Å². The van der Waals surface area contributed by atoms with Crippen LogP contribution in [0, 0.1) is 5.92 Å². The van der Waals surface area contributed by atoms with Crippen LogP contribution in [-0.2, 0) is 0 Å². The van der Waals surface area contributed by atoms with Crippen molar-refractivity contribution in [2.45, 2.75) is 25.0 Å². The molecule has 2 heterocycles. The minimum atomic E-state index is 0.313. The first kappa shape index (κ1) is 17.5. The number of thioether (sulfide) groups is 1. The summed E-state index contributed by atoms with van der Waals surface area (Å²) in [4.78, 5) is 9.44. The van der Waals surface area contributed by atoms with E-state index in [0.29, 0.717) is 10.7 Å². The van der Waals surface area contributed by atoms with Gasteiger partial charge in [-0.1, -0.05) is 18.2 Å². The number of anilines is 1. The summed E-state index contributed by atoms with van der Waals surface area (Å²) in [6.45, 7) is 10.1. The summed E-state index contributed by atoms with van der Waals surface area (Å²) in [6.07, 6.45) is 1.25. The maximum absolute atomic E-state index is 4.52. The van der Waals surface area contributed by atoms with Gasteiger partial charge < -0.3 is 15.1 Å². The fraction of sp³-hybridized carbons (Fsp3) is 0.632. The van der Waals surface area contributed by atoms with E-state index in [1.165, 1.54) is 17.9 Å². The van der Waals surface area contributed by atoms with Crippen LogP contribution in [0.4, 0.5) is 5.69 Å². The van der Waals surface area contributed by atoms with E-state index in [4.69, 9.17) is 0 Å². The summed E-state index contributed by atoms with van der Waals surface area (Å²) in [5.41, 5.74) is 1.35. The summed E-state index contributed by atoms with van der Waals surface area (Å²) in [5, 5.41) is 3.63. The van der Waals surface area contributed by atoms with E-state index < -0.39 is 0 Å². The highest BCUT2D eigenvalue weighted by atomic mass is 32.2. The number of aliphatic imine (C=N–C) groups is 1. The SMILES string of the molecule is CN=C(NCC1CCN(c2ccccc2)C1)N1CCSC(C)(C)C1. The highest BCUT2D eigenvalue weighted by Crippen LogP contribution is 2.29. The van der Waals surface area contributed by atoms with Gasteiger partial charge in [-0.05, 0) is 38.3 Å². The van der Waals surface area contributed by atoms with E-state index in [1.807, 2.05) is 7.05 Å². The Morgan fingerprint density at radius 1 is 1.29 bits per heavy atom. The highest BCUT2D eigenvalue weighted by Gasteiger charge is 2.29. The van der Waals surface area contributed by atoms with Crippen molar-refractivity contribution in [2.75, 3.05) is 50.4 Å². The molecule has 2 aliphatic heterocycles. The first-order valence-electron chi connectivity index (χ1n) is 8.97. The van der Waals surface area contributed by atoms with Crippen molar-refractivity contribution in [1.82, 2.24) is 10.2 Å². The lowest BCUT2D eigenvalue weighted by molar-refractivity contribution is 0.372. The second-order valence-electron chi connectivity index (χ2n) is 7.39. The average molecular weight is 347 g/mol. The van der Waals surface area contributed by atoms with Crippen LogP contribution < -0.4 is 10.2 Å². The van der Waals surface area contributed by atoms with Gasteiger partial charge in [0.1, 0.15) is 0 Å². The molecule has 1 N–H and O–H groups in total. The number of hydrogen-bond donors (Lipinski definition) is 1. The molecule has 1 unspecified atom stereocenters. The monoisotopic (exact) mass is 346 g/mol. The molecule has 4 nitrogen and oxygen atoms in total. The fourth-order valence-electron chi connectivity index (χ4n) is 3.64. The molecule has 0 radical (unpaired) electrons. The summed E-state index contributed by atoms with van der Waals surface area (Å²) >= 11 is 2.06. The summed E-state index contributed by atoms with van der Waals surface area (Å²) in [7, 11) is 1.90. The van der Waals surface area contributed by atoms with Crippen LogP contribution >= 0.6 is 11.8 Å². The predicted octanol–water partition coefficient (Wildman–Crippen LogP) is 2.92. The molecule has 1 atom stereocenters. The Bertz CT molecular complexity index is 558. The van der Waals surface area contributed by atoms with Crippen molar-refractivity contribution < 1.29 is 0 Å². The minimum Gasteiger partial charge on any atom is -0.371 e. The van der Waals surface area contributed by atoms with Crippen LogP contribution in [0.2, 0.25) is 0 Å². The Morgan fingerprint density at radius 3 is 2.79 bits per heavy atom. The van der Waals surface area contributed by atoms with Crippen molar-refractivity contribution in [3.8, 4) is 0 Å². The standard InChI is InChI=1S/C19H30N4S/c1-19(2)15-23(11-12-24-19)18(20-3)21-13-16-9-10-22(14-16)17-7-5-4-6-8-17/h4-8,16H,9-15H2,1-3H3,(H,20,21). The molecule has 5 heteroatoms. The molecule has 1 aromatic carbocycles. The molecule has 0 saturated carbocycles. The van der Waals surface area contributed by atoms with Crippen LogP contribution in [0.3, 0.4) is 0 Å². The Balaban J connectivity index is 1.50. The smallest absolute Gasteiger partial charge is 0.193 e. The zero-order chi connectivity index (χ0) is 17.0. The van der Waals surface area contributed by atoms with Crippen molar-refractivity contribution in [1.29, 1.82) is 0 Å². The van der Waals surface area contributed by atoms with Gasteiger partial charge >= 0.3 is 0 Å². The van der Waals surface area contributed by atoms with E-state index >= 15 is 0 Å². The quantitative estimate of drug-likeness (QED) is 0.673. The maximum Gasteiger partial charge on any atom is 0.193 e. The molecule has 1 aromatic rings. The van der Waals surface area contributed by atoms with Gasteiger partial charge in [0.05, 0.1) is 0 Å². The molecular weight excluding hydrogens is 316 g/mol. The first-order valence-corrected chi connectivity index (χ1v) is 9.95. The summed E-state index contributed by atoms with van der Waals surface area (Å²) in [5.74, 6) is 2.94. The van der Waals surface area contributed by atoms with Crippen LogP contribution in [0.25, 0.3) is 0 Å². The third kappa shape index (κ3) is 4.38. The highest BCUT2D eigenvalue weighted by molar-refractivity contribution is 8.00. The number of nitrogens with one attached hydrogen (secondary N) is 1. The minimum absolute atomic E-state index is 0.313. The molecule has 2 saturated heterocycles. The topological polar surface area (TPSA) is 30.9 Å². The maximum atomic E-state index is 4.52. The van der Waals surface area contributed by atoms with E-state index in [2.05, 4.69) is 76.1 Å². The second-order valence-corrected chi connectivity index (χ2v) is 9.20. The zero-order valence-electron chi connectivity index (χ0n) is 15.2. The van der Waals surface area contributed by atoms with E-state index in [-0.39, 0.29) is 0 Å². The van der Waals surface area contributed by atoms with Crippen molar-refractivity contribution >= 4 is 23.4 Å². The molecule has 24 heavy (non-hydrogen) atoms. The molecular formula is C19H30N4S. The van der Waals surface area contributed by atoms with Crippen molar-refractivity contribution in [3.05, 3.63) is 30.3 Å². The molecule has 0 amide bonds. The third-order valence-corrected chi connectivity index (χ3v) is 6.19. The van der Waals surface area contributed by atoms with Gasteiger partial charge in [-0.15, -0.1) is 0 Å². The second kappa shape index (κ2) is 7.68. The lowest BCUT2D eigenvalue weighted by atomic mass is 10.1.